The molecule has 72 valence electrons. The van der Waals surface area contributed by atoms with E-state index in [0.717, 1.165) is 6.07 Å². The van der Waals surface area contributed by atoms with Gasteiger partial charge in [0.15, 0.2) is 11.5 Å². The fraction of sp³-hybridized carbons (Fsp3) is 0.333. The summed E-state index contributed by atoms with van der Waals surface area (Å²) in [6.45, 7) is 1.51. The monoisotopic (exact) mass is 188 g/mol. The number of rotatable bonds is 2. The van der Waals surface area contributed by atoms with Crippen LogP contribution in [0.4, 0.5) is 8.78 Å². The fourth-order valence-corrected chi connectivity index (χ4v) is 1.09. The third kappa shape index (κ3) is 1.88. The Morgan fingerprint density at radius 2 is 2.00 bits per heavy atom. The molecule has 0 saturated heterocycles. The van der Waals surface area contributed by atoms with Crippen LogP contribution < -0.4 is 4.74 Å². The molecule has 1 aromatic rings. The number of hydrogen-bond donors (Lipinski definition) is 1. The van der Waals surface area contributed by atoms with Crippen molar-refractivity contribution in [2.24, 2.45) is 0 Å². The Balaban J connectivity index is 3.22. The zero-order valence-electron chi connectivity index (χ0n) is 7.34. The summed E-state index contributed by atoms with van der Waals surface area (Å²) in [6.07, 6.45) is -2.55. The lowest BCUT2D eigenvalue weighted by Gasteiger charge is -2.09. The molecule has 0 saturated carbocycles. The predicted octanol–water partition coefficient (Wildman–Crippen LogP) is 2.65. The zero-order valence-corrected chi connectivity index (χ0v) is 7.34. The molecule has 0 bridgehead atoms. The van der Waals surface area contributed by atoms with Gasteiger partial charge in [0.2, 0.25) is 0 Å². The molecule has 1 rings (SSSR count). The van der Waals surface area contributed by atoms with Gasteiger partial charge in [0, 0.05) is 5.56 Å². The summed E-state index contributed by atoms with van der Waals surface area (Å²) in [7, 11) is 1.32. The number of hydrogen-bond acceptors (Lipinski definition) is 2. The Hall–Kier alpha value is -1.32. The molecule has 0 aromatic heterocycles. The molecule has 1 N–H and O–H groups in total. The highest BCUT2D eigenvalue weighted by Gasteiger charge is 2.14. The first-order valence-corrected chi connectivity index (χ1v) is 3.72. The molecule has 0 heterocycles. The Labute approximate surface area is 74.8 Å². The second kappa shape index (κ2) is 3.60. The summed E-state index contributed by atoms with van der Waals surface area (Å²) >= 11 is 0. The molecule has 0 aliphatic carbocycles. The number of halogens is 2. The Morgan fingerprint density at radius 3 is 2.46 bits per heavy atom. The van der Waals surface area contributed by atoms with Crippen molar-refractivity contribution in [3.63, 3.8) is 0 Å². The molecule has 0 amide bonds. The molecule has 1 aromatic carbocycles. The molecule has 2 nitrogen and oxygen atoms in total. The average molecular weight is 188 g/mol. The van der Waals surface area contributed by atoms with E-state index in [-0.39, 0.29) is 17.1 Å². The van der Waals surface area contributed by atoms with E-state index < -0.39 is 6.43 Å². The summed E-state index contributed by atoms with van der Waals surface area (Å²) in [5.41, 5.74) is 0.239. The van der Waals surface area contributed by atoms with E-state index in [0.29, 0.717) is 5.56 Å². The van der Waals surface area contributed by atoms with E-state index in [4.69, 9.17) is 4.74 Å². The molecule has 0 radical (unpaired) electrons. The maximum Gasteiger partial charge on any atom is 0.264 e. The number of aryl methyl sites for hydroxylation is 1. The lowest BCUT2D eigenvalue weighted by atomic mass is 10.1. The van der Waals surface area contributed by atoms with Crippen molar-refractivity contribution in [2.45, 2.75) is 13.3 Å². The molecule has 0 aliphatic heterocycles. The first-order chi connectivity index (χ1) is 6.06. The lowest BCUT2D eigenvalue weighted by molar-refractivity contribution is 0.150. The molecule has 13 heavy (non-hydrogen) atoms. The first kappa shape index (κ1) is 9.77. The van der Waals surface area contributed by atoms with Gasteiger partial charge in [-0.05, 0) is 24.6 Å². The van der Waals surface area contributed by atoms with Gasteiger partial charge in [-0.25, -0.2) is 8.78 Å². The number of benzene rings is 1. The largest absolute Gasteiger partial charge is 0.504 e. The van der Waals surface area contributed by atoms with Gasteiger partial charge in [0.1, 0.15) is 0 Å². The standard InChI is InChI=1S/C9H10F2O2/c1-5-3-7(12)8(13-2)4-6(5)9(10)11/h3-4,9,12H,1-2H3. The van der Waals surface area contributed by atoms with Crippen molar-refractivity contribution in [1.82, 2.24) is 0 Å². The Morgan fingerprint density at radius 1 is 1.38 bits per heavy atom. The second-order valence-electron chi connectivity index (χ2n) is 2.68. The number of phenolic OH excluding ortho intramolecular Hbond substituents is 1. The van der Waals surface area contributed by atoms with Crippen LogP contribution in [0.5, 0.6) is 11.5 Å². The topological polar surface area (TPSA) is 29.5 Å². The van der Waals surface area contributed by atoms with Gasteiger partial charge < -0.3 is 9.84 Å². The summed E-state index contributed by atoms with van der Waals surface area (Å²) in [6, 6.07) is 2.41. The molecule has 0 fully saturated rings. The normalized spacial score (nSPS) is 10.5. The van der Waals surface area contributed by atoms with E-state index in [2.05, 4.69) is 0 Å². The minimum atomic E-state index is -2.55. The van der Waals surface area contributed by atoms with Crippen LogP contribution in [-0.4, -0.2) is 12.2 Å². The molecule has 0 unspecified atom stereocenters. The van der Waals surface area contributed by atoms with Crippen LogP contribution in [0.25, 0.3) is 0 Å². The third-order valence-corrected chi connectivity index (χ3v) is 1.80. The molecule has 0 aliphatic rings. The maximum atomic E-state index is 12.3. The Kier molecular flexibility index (Phi) is 2.70. The number of ether oxygens (including phenoxy) is 1. The maximum absolute atomic E-state index is 12.3. The van der Waals surface area contributed by atoms with Crippen LogP contribution in [0.1, 0.15) is 17.6 Å². The SMILES string of the molecule is COc1cc(C(F)F)c(C)cc1O. The Bertz CT molecular complexity index is 311. The lowest BCUT2D eigenvalue weighted by Crippen LogP contribution is -1.92. The predicted molar refractivity (Wildman–Crippen MR) is 44.4 cm³/mol. The van der Waals surface area contributed by atoms with Crippen LogP contribution in [0.3, 0.4) is 0 Å². The molecule has 0 atom stereocenters. The summed E-state index contributed by atoms with van der Waals surface area (Å²) in [5.74, 6) is -0.0506. The smallest absolute Gasteiger partial charge is 0.264 e. The summed E-state index contributed by atoms with van der Waals surface area (Å²) in [5, 5.41) is 9.23. The average Bonchev–Trinajstić information content (AvgIpc) is 2.03. The van der Waals surface area contributed by atoms with Crippen LogP contribution in [0.15, 0.2) is 12.1 Å². The van der Waals surface area contributed by atoms with Crippen molar-refractivity contribution in [3.05, 3.63) is 23.3 Å². The highest BCUT2D eigenvalue weighted by atomic mass is 19.3. The van der Waals surface area contributed by atoms with Crippen molar-refractivity contribution < 1.29 is 18.6 Å². The van der Waals surface area contributed by atoms with Crippen LogP contribution in [0.2, 0.25) is 0 Å². The minimum absolute atomic E-state index is 0.0703. The van der Waals surface area contributed by atoms with E-state index in [1.807, 2.05) is 0 Å². The van der Waals surface area contributed by atoms with Crippen molar-refractivity contribution in [2.75, 3.05) is 7.11 Å². The number of alkyl halides is 2. The third-order valence-electron chi connectivity index (χ3n) is 1.80. The van der Waals surface area contributed by atoms with Gasteiger partial charge in [-0.1, -0.05) is 0 Å². The molecule has 0 spiro atoms. The van der Waals surface area contributed by atoms with Gasteiger partial charge in [0.25, 0.3) is 6.43 Å². The second-order valence-corrected chi connectivity index (χ2v) is 2.68. The van der Waals surface area contributed by atoms with Crippen molar-refractivity contribution in [1.29, 1.82) is 0 Å². The van der Waals surface area contributed by atoms with E-state index in [1.165, 1.54) is 20.1 Å². The van der Waals surface area contributed by atoms with E-state index in [1.54, 1.807) is 0 Å². The van der Waals surface area contributed by atoms with Gasteiger partial charge >= 0.3 is 0 Å². The van der Waals surface area contributed by atoms with E-state index in [9.17, 15) is 13.9 Å². The quantitative estimate of drug-likeness (QED) is 0.773. The summed E-state index contributed by atoms with van der Waals surface area (Å²) in [4.78, 5) is 0. The first-order valence-electron chi connectivity index (χ1n) is 3.72. The number of methoxy groups -OCH3 is 1. The highest BCUT2D eigenvalue weighted by Crippen LogP contribution is 2.33. The van der Waals surface area contributed by atoms with Gasteiger partial charge in [-0.2, -0.15) is 0 Å². The fourth-order valence-electron chi connectivity index (χ4n) is 1.09. The summed E-state index contributed by atoms with van der Waals surface area (Å²) < 4.78 is 29.4. The number of aromatic hydroxyl groups is 1. The van der Waals surface area contributed by atoms with Gasteiger partial charge in [-0.3, -0.25) is 0 Å². The molecular formula is C9H10F2O2. The van der Waals surface area contributed by atoms with Crippen molar-refractivity contribution >= 4 is 0 Å². The molecule has 4 heteroatoms. The minimum Gasteiger partial charge on any atom is -0.504 e. The number of phenols is 1. The zero-order chi connectivity index (χ0) is 10.0. The van der Waals surface area contributed by atoms with E-state index >= 15 is 0 Å². The van der Waals surface area contributed by atoms with Gasteiger partial charge in [-0.15, -0.1) is 0 Å². The molecular weight excluding hydrogens is 178 g/mol. The van der Waals surface area contributed by atoms with Gasteiger partial charge in [0.05, 0.1) is 7.11 Å². The highest BCUT2D eigenvalue weighted by molar-refractivity contribution is 5.46. The van der Waals surface area contributed by atoms with Crippen LogP contribution in [0, 0.1) is 6.92 Å². The van der Waals surface area contributed by atoms with Crippen LogP contribution in [-0.2, 0) is 0 Å². The van der Waals surface area contributed by atoms with Crippen LogP contribution >= 0.6 is 0 Å². The van der Waals surface area contributed by atoms with Crippen molar-refractivity contribution in [3.8, 4) is 11.5 Å².